The zero-order valence-electron chi connectivity index (χ0n) is 25.9. The number of para-hydroxylation sites is 1. The summed E-state index contributed by atoms with van der Waals surface area (Å²) in [6.45, 7) is 4.58. The van der Waals surface area contributed by atoms with E-state index in [1.54, 1.807) is 17.5 Å². The van der Waals surface area contributed by atoms with Crippen LogP contribution in [-0.2, 0) is 25.5 Å². The third-order valence-corrected chi connectivity index (χ3v) is 9.79. The molecule has 229 valence electrons. The fraction of sp³-hybridized carbons (Fsp3) is 0.0714. The second-order valence-electron chi connectivity index (χ2n) is 12.0. The Bertz CT molecular complexity index is 2330. The quantitative estimate of drug-likeness (QED) is 0.167. The van der Waals surface area contributed by atoms with Crippen LogP contribution in [0.15, 0.2) is 140 Å². The molecule has 0 spiro atoms. The van der Waals surface area contributed by atoms with Crippen molar-refractivity contribution in [3.63, 3.8) is 0 Å². The summed E-state index contributed by atoms with van der Waals surface area (Å²) in [6.07, 6.45) is 3.61. The fourth-order valence-electron chi connectivity index (χ4n) is 6.29. The van der Waals surface area contributed by atoms with Crippen LogP contribution in [0, 0.1) is 12.1 Å². The van der Waals surface area contributed by atoms with Gasteiger partial charge in [0.25, 0.3) is 0 Å². The summed E-state index contributed by atoms with van der Waals surface area (Å²) in [5, 5.41) is 2.13. The maximum Gasteiger partial charge on any atom is 0.0778 e. The maximum atomic E-state index is 4.77. The van der Waals surface area contributed by atoms with Crippen LogP contribution in [0.2, 0.25) is 0 Å². The number of aromatic nitrogens is 3. The van der Waals surface area contributed by atoms with E-state index < -0.39 is 0 Å². The normalized spacial score (nSPS) is 12.5. The number of rotatable bonds is 3. The number of benzene rings is 5. The van der Waals surface area contributed by atoms with E-state index in [0.29, 0.717) is 0 Å². The van der Waals surface area contributed by atoms with Crippen molar-refractivity contribution >= 4 is 32.5 Å². The number of hydrogen-bond donors (Lipinski definition) is 0. The molecule has 5 heteroatoms. The molecule has 0 N–H and O–H groups in total. The van der Waals surface area contributed by atoms with Gasteiger partial charge in [0.05, 0.1) is 17.2 Å². The molecule has 5 aromatic carbocycles. The molecule has 0 bridgehead atoms. The van der Waals surface area contributed by atoms with Gasteiger partial charge in [-0.05, 0) is 40.4 Å². The smallest absolute Gasteiger partial charge is 0.0778 e. The number of pyridine rings is 2. The van der Waals surface area contributed by atoms with Crippen molar-refractivity contribution < 1.29 is 20.1 Å². The minimum absolute atomic E-state index is 0. The molecule has 47 heavy (non-hydrogen) atoms. The van der Waals surface area contributed by atoms with Gasteiger partial charge in [0.1, 0.15) is 0 Å². The van der Waals surface area contributed by atoms with Crippen LogP contribution >= 0.6 is 11.3 Å². The number of fused-ring (bicyclic) bond motifs is 5. The molecule has 0 saturated heterocycles. The molecule has 0 atom stereocenters. The minimum atomic E-state index is -0.00577. The molecule has 9 rings (SSSR count). The van der Waals surface area contributed by atoms with Crippen molar-refractivity contribution in [2.75, 3.05) is 0 Å². The Morgan fingerprint density at radius 3 is 2.32 bits per heavy atom. The zero-order chi connectivity index (χ0) is 31.1. The van der Waals surface area contributed by atoms with Crippen molar-refractivity contribution in [1.82, 2.24) is 15.0 Å². The first-order valence-electron chi connectivity index (χ1n) is 15.3. The molecule has 3 aromatic heterocycles. The molecule has 0 unspecified atom stereocenters. The van der Waals surface area contributed by atoms with Gasteiger partial charge in [-0.3, -0.25) is 15.0 Å². The van der Waals surface area contributed by atoms with Crippen molar-refractivity contribution in [2.45, 2.75) is 19.3 Å². The van der Waals surface area contributed by atoms with Crippen LogP contribution in [0.3, 0.4) is 0 Å². The molecule has 0 amide bonds. The van der Waals surface area contributed by atoms with Crippen LogP contribution in [-0.4, -0.2) is 15.0 Å². The Morgan fingerprint density at radius 1 is 0.638 bits per heavy atom. The molecule has 3 heterocycles. The minimum Gasteiger partial charge on any atom is -0.295 e. The van der Waals surface area contributed by atoms with E-state index in [1.807, 2.05) is 36.5 Å². The number of nitrogens with zero attached hydrogens (tertiary/aromatic N) is 3. The fourth-order valence-corrected chi connectivity index (χ4v) is 7.24. The number of hydrogen-bond acceptors (Lipinski definition) is 4. The molecule has 1 radical (unpaired) electrons. The van der Waals surface area contributed by atoms with Gasteiger partial charge < -0.3 is 0 Å². The van der Waals surface area contributed by atoms with Crippen molar-refractivity contribution in [2.24, 2.45) is 0 Å². The Kier molecular flexibility index (Phi) is 8.38. The maximum absolute atomic E-state index is 4.77. The van der Waals surface area contributed by atoms with Crippen LogP contribution in [0.25, 0.3) is 65.2 Å². The first kappa shape index (κ1) is 30.8. The number of thiazole rings is 1. The first-order chi connectivity index (χ1) is 22.5. The SMILES string of the molecule is CC1(C)c2ccccc2-c2c[c-]c(-c3ccc4ccncc4n3)cc21.[Ir].[c-]1ccc(-c2ccccc2)cc1-c1nc2ccccc2s1. The molecule has 0 saturated carbocycles. The summed E-state index contributed by atoms with van der Waals surface area (Å²) in [7, 11) is 0. The Hall–Kier alpha value is -4.80. The Balaban J connectivity index is 0.000000148. The molecule has 1 aliphatic carbocycles. The topological polar surface area (TPSA) is 38.7 Å². The third-order valence-electron chi connectivity index (χ3n) is 8.72. The van der Waals surface area contributed by atoms with Gasteiger partial charge in [0, 0.05) is 41.4 Å². The van der Waals surface area contributed by atoms with Crippen LogP contribution < -0.4 is 0 Å². The molecule has 8 aromatic rings. The largest absolute Gasteiger partial charge is 0.295 e. The van der Waals surface area contributed by atoms with E-state index in [-0.39, 0.29) is 25.5 Å². The van der Waals surface area contributed by atoms with Gasteiger partial charge in [0.2, 0.25) is 0 Å². The molecule has 0 aliphatic heterocycles. The predicted molar refractivity (Wildman–Crippen MR) is 191 cm³/mol. The molecule has 1 aliphatic rings. The predicted octanol–water partition coefficient (Wildman–Crippen LogP) is 10.8. The average molecular weight is 800 g/mol. The van der Waals surface area contributed by atoms with Crippen LogP contribution in [0.4, 0.5) is 0 Å². The van der Waals surface area contributed by atoms with Crippen LogP contribution in [0.5, 0.6) is 0 Å². The molecule has 3 nitrogen and oxygen atoms in total. The second kappa shape index (κ2) is 12.8. The average Bonchev–Trinajstić information content (AvgIpc) is 3.65. The molecular formula is C42H29IrN3S-2. The van der Waals surface area contributed by atoms with Gasteiger partial charge >= 0.3 is 0 Å². The Labute approximate surface area is 292 Å². The van der Waals surface area contributed by atoms with Crippen molar-refractivity contribution in [3.8, 4) is 44.1 Å². The summed E-state index contributed by atoms with van der Waals surface area (Å²) in [6, 6.07) is 50.8. The van der Waals surface area contributed by atoms with E-state index in [4.69, 9.17) is 9.97 Å². The zero-order valence-corrected chi connectivity index (χ0v) is 29.1. The first-order valence-corrected chi connectivity index (χ1v) is 16.2. The van der Waals surface area contributed by atoms with E-state index in [9.17, 15) is 0 Å². The van der Waals surface area contributed by atoms with Gasteiger partial charge in [-0.1, -0.05) is 104 Å². The summed E-state index contributed by atoms with van der Waals surface area (Å²) < 4.78 is 1.21. The summed E-state index contributed by atoms with van der Waals surface area (Å²) in [5.41, 5.74) is 12.7. The van der Waals surface area contributed by atoms with Gasteiger partial charge in [-0.2, -0.15) is 11.3 Å². The summed E-state index contributed by atoms with van der Waals surface area (Å²) in [4.78, 5) is 13.7. The summed E-state index contributed by atoms with van der Waals surface area (Å²) in [5.74, 6) is 0. The molecular weight excluding hydrogens is 771 g/mol. The van der Waals surface area contributed by atoms with Gasteiger partial charge in [-0.15, -0.1) is 64.7 Å². The van der Waals surface area contributed by atoms with E-state index in [2.05, 4.69) is 128 Å². The summed E-state index contributed by atoms with van der Waals surface area (Å²) >= 11 is 1.71. The van der Waals surface area contributed by atoms with Gasteiger partial charge in [-0.25, -0.2) is 0 Å². The van der Waals surface area contributed by atoms with E-state index in [1.165, 1.54) is 38.1 Å². The Morgan fingerprint density at radius 2 is 1.45 bits per heavy atom. The monoisotopic (exact) mass is 800 g/mol. The van der Waals surface area contributed by atoms with Crippen molar-refractivity contribution in [1.29, 1.82) is 0 Å². The third kappa shape index (κ3) is 5.83. The standard InChI is InChI=1S/C23H17N2.C19H12NS.Ir/c1-23(2)19-6-4-3-5-17(19)18-9-7-16(13-20(18)23)21-10-8-15-11-12-24-14-22(15)25-21;1-2-7-14(8-3-1)15-9-6-10-16(13-15)19-20-17-11-4-5-12-18(17)21-19;/h3-6,8-14H,1-2H3;1-9,11-13H;/q2*-1;. The van der Waals surface area contributed by atoms with Gasteiger partial charge in [0.15, 0.2) is 0 Å². The molecule has 0 fully saturated rings. The van der Waals surface area contributed by atoms with E-state index in [0.717, 1.165) is 38.2 Å². The van der Waals surface area contributed by atoms with Crippen LogP contribution in [0.1, 0.15) is 25.0 Å². The van der Waals surface area contributed by atoms with Crippen molar-refractivity contribution in [3.05, 3.63) is 163 Å². The second-order valence-corrected chi connectivity index (χ2v) is 13.0. The van der Waals surface area contributed by atoms with E-state index >= 15 is 0 Å².